The molecule has 1 fully saturated rings. The zero-order chi connectivity index (χ0) is 14.8. The van der Waals surface area contributed by atoms with E-state index in [0.717, 1.165) is 25.8 Å². The molecule has 1 saturated heterocycles. The number of rotatable bonds is 3. The molecule has 4 atom stereocenters. The summed E-state index contributed by atoms with van der Waals surface area (Å²) in [4.78, 5) is 2.16. The van der Waals surface area contributed by atoms with Crippen LogP contribution in [0.25, 0.3) is 0 Å². The van der Waals surface area contributed by atoms with E-state index in [1.165, 1.54) is 11.1 Å². The van der Waals surface area contributed by atoms with Crippen molar-refractivity contribution in [2.75, 3.05) is 19.7 Å². The number of hydrogen-bond donors (Lipinski definition) is 3. The highest BCUT2D eigenvalue weighted by molar-refractivity contribution is 5.29. The maximum atomic E-state index is 9.88. The molecule has 21 heavy (non-hydrogen) atoms. The van der Waals surface area contributed by atoms with Crippen molar-refractivity contribution < 1.29 is 15.3 Å². The second-order valence-electron chi connectivity index (χ2n) is 6.54. The maximum Gasteiger partial charge on any atom is 0.0926 e. The number of nitrogens with zero attached hydrogens (tertiary/aromatic N) is 1. The van der Waals surface area contributed by atoms with Gasteiger partial charge in [0, 0.05) is 19.1 Å². The summed E-state index contributed by atoms with van der Waals surface area (Å²) < 4.78 is 0. The number of benzene rings is 1. The van der Waals surface area contributed by atoms with Gasteiger partial charge >= 0.3 is 0 Å². The fourth-order valence-corrected chi connectivity index (χ4v) is 3.77. The molecule has 0 radical (unpaired) electrons. The number of aliphatic hydroxyl groups excluding tert-OH is 3. The molecule has 116 valence electrons. The molecule has 1 aromatic carbocycles. The van der Waals surface area contributed by atoms with E-state index in [2.05, 4.69) is 29.2 Å². The SMILES string of the molecule is OC[C@H]1CC(O)[C@@H](O)CN1CC1CCc2ccccc2C1. The summed E-state index contributed by atoms with van der Waals surface area (Å²) in [6.07, 6.45) is 2.41. The molecule has 0 spiro atoms. The third-order valence-electron chi connectivity index (χ3n) is 5.05. The van der Waals surface area contributed by atoms with E-state index in [0.29, 0.717) is 18.9 Å². The third kappa shape index (κ3) is 3.29. The first-order valence-corrected chi connectivity index (χ1v) is 7.95. The van der Waals surface area contributed by atoms with Gasteiger partial charge in [-0.3, -0.25) is 4.90 Å². The van der Waals surface area contributed by atoms with Crippen LogP contribution >= 0.6 is 0 Å². The molecule has 0 amide bonds. The lowest BCUT2D eigenvalue weighted by molar-refractivity contribution is -0.0749. The second-order valence-corrected chi connectivity index (χ2v) is 6.54. The van der Waals surface area contributed by atoms with Crippen molar-refractivity contribution in [2.24, 2.45) is 5.92 Å². The van der Waals surface area contributed by atoms with Crippen molar-refractivity contribution in [3.05, 3.63) is 35.4 Å². The fourth-order valence-electron chi connectivity index (χ4n) is 3.77. The van der Waals surface area contributed by atoms with Crippen molar-refractivity contribution in [3.8, 4) is 0 Å². The molecule has 4 nitrogen and oxygen atoms in total. The molecule has 2 aliphatic rings. The third-order valence-corrected chi connectivity index (χ3v) is 5.05. The van der Waals surface area contributed by atoms with Gasteiger partial charge in [0.25, 0.3) is 0 Å². The van der Waals surface area contributed by atoms with Crippen LogP contribution in [0.1, 0.15) is 24.0 Å². The second kappa shape index (κ2) is 6.44. The summed E-state index contributed by atoms with van der Waals surface area (Å²) in [6, 6.07) is 8.59. The van der Waals surface area contributed by atoms with Crippen LogP contribution in [0.3, 0.4) is 0 Å². The lowest BCUT2D eigenvalue weighted by Crippen LogP contribution is -2.55. The van der Waals surface area contributed by atoms with E-state index in [4.69, 9.17) is 0 Å². The normalized spacial score (nSPS) is 33.7. The van der Waals surface area contributed by atoms with Crippen LogP contribution in [-0.2, 0) is 12.8 Å². The van der Waals surface area contributed by atoms with Crippen LogP contribution in [-0.4, -0.2) is 58.2 Å². The van der Waals surface area contributed by atoms with Gasteiger partial charge in [0.1, 0.15) is 0 Å². The molecule has 2 unspecified atom stereocenters. The zero-order valence-corrected chi connectivity index (χ0v) is 12.4. The largest absolute Gasteiger partial charge is 0.395 e. The summed E-state index contributed by atoms with van der Waals surface area (Å²) in [5.41, 5.74) is 2.90. The standard InChI is InChI=1S/C17H25NO3/c19-11-15-8-16(20)17(21)10-18(15)9-12-5-6-13-3-1-2-4-14(13)7-12/h1-4,12,15-17,19-21H,5-11H2/t12?,15-,16?,17+/m1/s1. The lowest BCUT2D eigenvalue weighted by Gasteiger charge is -2.42. The number of aryl methyl sites for hydroxylation is 1. The van der Waals surface area contributed by atoms with Gasteiger partial charge in [-0.25, -0.2) is 0 Å². The molecule has 4 heteroatoms. The van der Waals surface area contributed by atoms with Crippen molar-refractivity contribution in [3.63, 3.8) is 0 Å². The topological polar surface area (TPSA) is 63.9 Å². The van der Waals surface area contributed by atoms with E-state index in [-0.39, 0.29) is 12.6 Å². The molecule has 0 saturated carbocycles. The van der Waals surface area contributed by atoms with E-state index >= 15 is 0 Å². The highest BCUT2D eigenvalue weighted by atomic mass is 16.3. The van der Waals surface area contributed by atoms with Crippen molar-refractivity contribution in [1.82, 2.24) is 4.90 Å². The van der Waals surface area contributed by atoms with Gasteiger partial charge in [-0.1, -0.05) is 24.3 Å². The lowest BCUT2D eigenvalue weighted by atomic mass is 9.83. The van der Waals surface area contributed by atoms with Crippen molar-refractivity contribution in [2.45, 2.75) is 43.9 Å². The smallest absolute Gasteiger partial charge is 0.0926 e. The maximum absolute atomic E-state index is 9.88. The number of hydrogen-bond acceptors (Lipinski definition) is 4. The zero-order valence-electron chi connectivity index (χ0n) is 12.4. The van der Waals surface area contributed by atoms with E-state index < -0.39 is 12.2 Å². The number of β-amino-alcohol motifs (C(OH)–C–C–N with tert-alkyl or cyclic N) is 1. The fraction of sp³-hybridized carbons (Fsp3) is 0.647. The van der Waals surface area contributed by atoms with Crippen LogP contribution in [0, 0.1) is 5.92 Å². The molecule has 1 aromatic rings. The van der Waals surface area contributed by atoms with Gasteiger partial charge in [0.2, 0.25) is 0 Å². The average Bonchev–Trinajstić information content (AvgIpc) is 2.50. The Morgan fingerprint density at radius 3 is 2.62 bits per heavy atom. The van der Waals surface area contributed by atoms with Crippen molar-refractivity contribution >= 4 is 0 Å². The number of likely N-dealkylation sites (tertiary alicyclic amines) is 1. The monoisotopic (exact) mass is 291 g/mol. The Bertz CT molecular complexity index is 479. The number of piperidine rings is 1. The molecule has 3 rings (SSSR count). The van der Waals surface area contributed by atoms with Crippen LogP contribution in [0.4, 0.5) is 0 Å². The Morgan fingerprint density at radius 1 is 1.10 bits per heavy atom. The minimum absolute atomic E-state index is 0.0272. The van der Waals surface area contributed by atoms with E-state index in [1.54, 1.807) is 0 Å². The van der Waals surface area contributed by atoms with E-state index in [9.17, 15) is 15.3 Å². The van der Waals surface area contributed by atoms with Crippen molar-refractivity contribution in [1.29, 1.82) is 0 Å². The van der Waals surface area contributed by atoms with Gasteiger partial charge in [-0.15, -0.1) is 0 Å². The van der Waals surface area contributed by atoms with Crippen LogP contribution in [0.2, 0.25) is 0 Å². The Balaban J connectivity index is 1.64. The summed E-state index contributed by atoms with van der Waals surface area (Å²) >= 11 is 0. The first-order valence-electron chi connectivity index (χ1n) is 7.95. The molecular formula is C17H25NO3. The minimum Gasteiger partial charge on any atom is -0.395 e. The van der Waals surface area contributed by atoms with Crippen LogP contribution in [0.5, 0.6) is 0 Å². The number of fused-ring (bicyclic) bond motifs is 1. The summed E-state index contributed by atoms with van der Waals surface area (Å²) in [6.45, 7) is 1.40. The van der Waals surface area contributed by atoms with Gasteiger partial charge in [-0.05, 0) is 42.7 Å². The van der Waals surface area contributed by atoms with Gasteiger partial charge in [-0.2, -0.15) is 0 Å². The Morgan fingerprint density at radius 2 is 1.86 bits per heavy atom. The molecule has 3 N–H and O–H groups in total. The first-order chi connectivity index (χ1) is 10.2. The highest BCUT2D eigenvalue weighted by Gasteiger charge is 2.34. The molecular weight excluding hydrogens is 266 g/mol. The van der Waals surface area contributed by atoms with Crippen LogP contribution in [0.15, 0.2) is 24.3 Å². The van der Waals surface area contributed by atoms with Gasteiger partial charge in [0.15, 0.2) is 0 Å². The predicted molar refractivity (Wildman–Crippen MR) is 81.0 cm³/mol. The first kappa shape index (κ1) is 15.0. The van der Waals surface area contributed by atoms with E-state index in [1.807, 2.05) is 0 Å². The molecule has 1 aliphatic heterocycles. The summed E-state index contributed by atoms with van der Waals surface area (Å²) in [5, 5.41) is 29.1. The van der Waals surface area contributed by atoms with Crippen LogP contribution < -0.4 is 0 Å². The number of aliphatic hydroxyl groups is 3. The Hall–Kier alpha value is -0.940. The average molecular weight is 291 g/mol. The Labute approximate surface area is 126 Å². The summed E-state index contributed by atoms with van der Waals surface area (Å²) in [7, 11) is 0. The van der Waals surface area contributed by atoms with Gasteiger partial charge < -0.3 is 15.3 Å². The molecule has 0 aromatic heterocycles. The quantitative estimate of drug-likeness (QED) is 0.762. The molecule has 1 aliphatic carbocycles. The molecule has 0 bridgehead atoms. The Kier molecular flexibility index (Phi) is 4.60. The minimum atomic E-state index is -0.703. The predicted octanol–water partition coefficient (Wildman–Crippen LogP) is 0.580. The summed E-state index contributed by atoms with van der Waals surface area (Å²) in [5.74, 6) is 0.566. The highest BCUT2D eigenvalue weighted by Crippen LogP contribution is 2.28. The molecule has 1 heterocycles. The van der Waals surface area contributed by atoms with Gasteiger partial charge in [0.05, 0.1) is 18.8 Å².